The standard InChI is InChI=1S/C19H27N3O6S/c1-28-19(23)13-15-7-3-6-12-21(15)17-9-8-16(14-18(17)22(24)25)29(26,27)20-10-4-2-5-11-20/h8-9,14-15H,2-7,10-13H2,1H3/t15-/m1/s1. The maximum atomic E-state index is 12.9. The lowest BCUT2D eigenvalue weighted by Gasteiger charge is -2.36. The van der Waals surface area contributed by atoms with E-state index in [1.807, 2.05) is 4.90 Å². The van der Waals surface area contributed by atoms with E-state index in [0.29, 0.717) is 25.3 Å². The fourth-order valence-corrected chi connectivity index (χ4v) is 5.65. The number of piperidine rings is 2. The summed E-state index contributed by atoms with van der Waals surface area (Å²) < 4.78 is 32.0. The van der Waals surface area contributed by atoms with Crippen LogP contribution < -0.4 is 4.90 Å². The van der Waals surface area contributed by atoms with Crippen molar-refractivity contribution in [1.29, 1.82) is 0 Å². The summed E-state index contributed by atoms with van der Waals surface area (Å²) in [5, 5.41) is 11.8. The molecular weight excluding hydrogens is 398 g/mol. The molecule has 29 heavy (non-hydrogen) atoms. The van der Waals surface area contributed by atoms with Gasteiger partial charge in [-0.3, -0.25) is 14.9 Å². The largest absolute Gasteiger partial charge is 0.469 e. The van der Waals surface area contributed by atoms with E-state index in [0.717, 1.165) is 44.6 Å². The average molecular weight is 426 g/mol. The number of carbonyl (C=O) groups is 1. The lowest BCUT2D eigenvalue weighted by molar-refractivity contribution is -0.384. The Morgan fingerprint density at radius 3 is 2.52 bits per heavy atom. The van der Waals surface area contributed by atoms with Gasteiger partial charge in [-0.1, -0.05) is 6.42 Å². The third kappa shape index (κ3) is 4.69. The zero-order valence-electron chi connectivity index (χ0n) is 16.6. The number of esters is 1. The van der Waals surface area contributed by atoms with Crippen LogP contribution in [0.1, 0.15) is 44.9 Å². The first-order valence-corrected chi connectivity index (χ1v) is 11.4. The Bertz CT molecular complexity index is 867. The number of sulfonamides is 1. The molecule has 0 radical (unpaired) electrons. The minimum Gasteiger partial charge on any atom is -0.469 e. The van der Waals surface area contributed by atoms with Crippen LogP contribution in [-0.2, 0) is 19.6 Å². The van der Waals surface area contributed by atoms with Gasteiger partial charge in [-0.25, -0.2) is 8.42 Å². The number of benzene rings is 1. The molecule has 2 fully saturated rings. The van der Waals surface area contributed by atoms with Gasteiger partial charge in [0.05, 0.1) is 23.3 Å². The van der Waals surface area contributed by atoms with Gasteiger partial charge in [-0.05, 0) is 44.2 Å². The van der Waals surface area contributed by atoms with Gasteiger partial charge in [0.25, 0.3) is 5.69 Å². The van der Waals surface area contributed by atoms with Crippen molar-refractivity contribution in [3.8, 4) is 0 Å². The fraction of sp³-hybridized carbons (Fsp3) is 0.632. The predicted molar refractivity (Wildman–Crippen MR) is 107 cm³/mol. The van der Waals surface area contributed by atoms with Crippen molar-refractivity contribution < 1.29 is 22.9 Å². The number of hydrogen-bond acceptors (Lipinski definition) is 7. The van der Waals surface area contributed by atoms with Gasteiger partial charge in [0.15, 0.2) is 0 Å². The van der Waals surface area contributed by atoms with Crippen molar-refractivity contribution in [2.24, 2.45) is 0 Å². The summed E-state index contributed by atoms with van der Waals surface area (Å²) in [6.45, 7) is 1.44. The first-order valence-electron chi connectivity index (χ1n) is 9.96. The van der Waals surface area contributed by atoms with Gasteiger partial charge in [0.1, 0.15) is 5.69 Å². The highest BCUT2D eigenvalue weighted by molar-refractivity contribution is 7.89. The molecule has 1 aromatic rings. The SMILES string of the molecule is COC(=O)C[C@H]1CCCCN1c1ccc(S(=O)(=O)N2CCCCC2)cc1[N+](=O)[O-]. The monoisotopic (exact) mass is 425 g/mol. The summed E-state index contributed by atoms with van der Waals surface area (Å²) in [4.78, 5) is 24.8. The summed E-state index contributed by atoms with van der Waals surface area (Å²) in [6.07, 6.45) is 5.21. The van der Waals surface area contributed by atoms with Gasteiger partial charge in [0, 0.05) is 31.7 Å². The van der Waals surface area contributed by atoms with E-state index in [1.165, 1.54) is 23.5 Å². The van der Waals surface area contributed by atoms with Gasteiger partial charge in [-0.15, -0.1) is 0 Å². The van der Waals surface area contributed by atoms with Crippen LogP contribution in [0.15, 0.2) is 23.1 Å². The van der Waals surface area contributed by atoms with E-state index in [4.69, 9.17) is 4.74 Å². The number of nitro benzene ring substituents is 1. The number of anilines is 1. The summed E-state index contributed by atoms with van der Waals surface area (Å²) in [6, 6.07) is 3.89. The molecule has 2 aliphatic heterocycles. The molecule has 1 atom stereocenters. The Balaban J connectivity index is 1.95. The summed E-state index contributed by atoms with van der Waals surface area (Å²) in [5.41, 5.74) is 0.0982. The third-order valence-electron chi connectivity index (χ3n) is 5.66. The molecule has 0 amide bonds. The maximum absolute atomic E-state index is 12.9. The molecule has 9 nitrogen and oxygen atoms in total. The number of hydrogen-bond donors (Lipinski definition) is 0. The molecule has 2 aliphatic rings. The summed E-state index contributed by atoms with van der Waals surface area (Å²) >= 11 is 0. The molecule has 0 aromatic heterocycles. The average Bonchev–Trinajstić information content (AvgIpc) is 2.74. The highest BCUT2D eigenvalue weighted by atomic mass is 32.2. The zero-order chi connectivity index (χ0) is 21.0. The smallest absolute Gasteiger partial charge is 0.307 e. The highest BCUT2D eigenvalue weighted by Gasteiger charge is 2.33. The van der Waals surface area contributed by atoms with Crippen LogP contribution in [0.5, 0.6) is 0 Å². The lowest BCUT2D eigenvalue weighted by Crippen LogP contribution is -2.41. The molecule has 2 heterocycles. The lowest BCUT2D eigenvalue weighted by atomic mass is 9.98. The number of rotatable bonds is 6. The van der Waals surface area contributed by atoms with Crippen LogP contribution >= 0.6 is 0 Å². The molecule has 2 saturated heterocycles. The van der Waals surface area contributed by atoms with E-state index < -0.39 is 14.9 Å². The number of ether oxygens (including phenoxy) is 1. The minimum atomic E-state index is -3.77. The molecular formula is C19H27N3O6S. The number of nitro groups is 1. The second kappa shape index (κ2) is 9.08. The quantitative estimate of drug-likeness (QED) is 0.391. The molecule has 0 bridgehead atoms. The minimum absolute atomic E-state index is 0.0589. The Labute approximate surface area is 170 Å². The number of carbonyl (C=O) groups excluding carboxylic acids is 1. The van der Waals surface area contributed by atoms with Crippen LogP contribution in [0.25, 0.3) is 0 Å². The van der Waals surface area contributed by atoms with Gasteiger partial charge in [0.2, 0.25) is 10.0 Å². The Hall–Kier alpha value is -2.20. The van der Waals surface area contributed by atoms with Crippen molar-refractivity contribution in [2.45, 2.75) is 55.9 Å². The van der Waals surface area contributed by atoms with E-state index in [-0.39, 0.29) is 29.0 Å². The molecule has 160 valence electrons. The Morgan fingerprint density at radius 2 is 1.86 bits per heavy atom. The van der Waals surface area contributed by atoms with Gasteiger partial charge in [-0.2, -0.15) is 4.31 Å². The van der Waals surface area contributed by atoms with Crippen molar-refractivity contribution in [2.75, 3.05) is 31.6 Å². The van der Waals surface area contributed by atoms with Crippen molar-refractivity contribution in [3.05, 3.63) is 28.3 Å². The Morgan fingerprint density at radius 1 is 1.17 bits per heavy atom. The van der Waals surface area contributed by atoms with E-state index in [1.54, 1.807) is 0 Å². The zero-order valence-corrected chi connectivity index (χ0v) is 17.4. The molecule has 0 N–H and O–H groups in total. The van der Waals surface area contributed by atoms with Crippen molar-refractivity contribution in [3.63, 3.8) is 0 Å². The van der Waals surface area contributed by atoms with Crippen LogP contribution in [0.3, 0.4) is 0 Å². The number of methoxy groups -OCH3 is 1. The first kappa shape index (κ1) is 21.5. The second-order valence-corrected chi connectivity index (χ2v) is 9.43. The van der Waals surface area contributed by atoms with Crippen molar-refractivity contribution >= 4 is 27.4 Å². The number of nitrogens with zero attached hydrogens (tertiary/aromatic N) is 3. The molecule has 0 saturated carbocycles. The second-order valence-electron chi connectivity index (χ2n) is 7.50. The molecule has 0 unspecified atom stereocenters. The predicted octanol–water partition coefficient (Wildman–Crippen LogP) is 2.69. The first-order chi connectivity index (χ1) is 13.8. The molecule has 0 spiro atoms. The maximum Gasteiger partial charge on any atom is 0.307 e. The molecule has 3 rings (SSSR count). The van der Waals surface area contributed by atoms with E-state index in [2.05, 4.69) is 0 Å². The molecule has 1 aromatic carbocycles. The van der Waals surface area contributed by atoms with Crippen LogP contribution in [0.2, 0.25) is 0 Å². The molecule has 10 heteroatoms. The van der Waals surface area contributed by atoms with Crippen molar-refractivity contribution in [1.82, 2.24) is 4.31 Å². The van der Waals surface area contributed by atoms with Gasteiger partial charge < -0.3 is 9.64 Å². The van der Waals surface area contributed by atoms with Crippen LogP contribution in [0.4, 0.5) is 11.4 Å². The highest BCUT2D eigenvalue weighted by Crippen LogP contribution is 2.36. The van der Waals surface area contributed by atoms with Crippen LogP contribution in [0, 0.1) is 10.1 Å². The third-order valence-corrected chi connectivity index (χ3v) is 7.56. The van der Waals surface area contributed by atoms with E-state index in [9.17, 15) is 23.3 Å². The van der Waals surface area contributed by atoms with Crippen LogP contribution in [-0.4, -0.2) is 56.4 Å². The summed E-state index contributed by atoms with van der Waals surface area (Å²) in [7, 11) is -2.45. The Kier molecular flexibility index (Phi) is 6.74. The fourth-order valence-electron chi connectivity index (χ4n) is 4.11. The van der Waals surface area contributed by atoms with E-state index >= 15 is 0 Å². The van der Waals surface area contributed by atoms with Gasteiger partial charge >= 0.3 is 5.97 Å². The molecule has 0 aliphatic carbocycles. The summed E-state index contributed by atoms with van der Waals surface area (Å²) in [5.74, 6) is -0.367. The normalized spacial score (nSPS) is 21.0. The topological polar surface area (TPSA) is 110 Å².